The Morgan fingerprint density at radius 2 is 1.82 bits per heavy atom. The maximum absolute atomic E-state index is 12.9. The van der Waals surface area contributed by atoms with Crippen LogP contribution in [0.3, 0.4) is 0 Å². The number of benzene rings is 2. The number of amides is 1. The smallest absolute Gasteiger partial charge is 0.244 e. The predicted octanol–water partition coefficient (Wildman–Crippen LogP) is 2.08. The molecule has 0 aliphatic carbocycles. The van der Waals surface area contributed by atoms with Crippen LogP contribution in [0.2, 0.25) is 0 Å². The molecule has 176 valence electrons. The van der Waals surface area contributed by atoms with Gasteiger partial charge in [0.15, 0.2) is 0 Å². The van der Waals surface area contributed by atoms with Crippen molar-refractivity contribution in [1.29, 1.82) is 5.26 Å². The molecule has 1 aliphatic heterocycles. The van der Waals surface area contributed by atoms with Gasteiger partial charge in [0.2, 0.25) is 27.6 Å². The Morgan fingerprint density at radius 3 is 2.50 bits per heavy atom. The van der Waals surface area contributed by atoms with Crippen molar-refractivity contribution in [1.82, 2.24) is 19.3 Å². The van der Waals surface area contributed by atoms with E-state index >= 15 is 0 Å². The van der Waals surface area contributed by atoms with E-state index < -0.39 is 10.0 Å². The standard InChI is InChI=1S/C23H23N5O5S/c1-32-19-8-6-17(7-9-19)23-25-21(33-26-23)10-11-22(29)27-12-14-28(15-13-27)34(30,31)20-5-3-2-4-18(20)16-24/h2-9H,10-15H2,1H3. The van der Waals surface area contributed by atoms with Crippen LogP contribution in [0.1, 0.15) is 17.9 Å². The Morgan fingerprint density at radius 1 is 1.12 bits per heavy atom. The van der Waals surface area contributed by atoms with Gasteiger partial charge in [-0.3, -0.25) is 4.79 Å². The lowest BCUT2D eigenvalue weighted by molar-refractivity contribution is -0.132. The molecule has 0 atom stereocenters. The number of rotatable bonds is 7. The van der Waals surface area contributed by atoms with Crippen molar-refractivity contribution in [3.63, 3.8) is 0 Å². The molecule has 4 rings (SSSR count). The number of carbonyl (C=O) groups excluding carboxylic acids is 1. The maximum Gasteiger partial charge on any atom is 0.244 e. The van der Waals surface area contributed by atoms with E-state index in [4.69, 9.17) is 9.26 Å². The summed E-state index contributed by atoms with van der Waals surface area (Å²) in [6, 6.07) is 15.3. The summed E-state index contributed by atoms with van der Waals surface area (Å²) in [5.74, 6) is 1.40. The van der Waals surface area contributed by atoms with Gasteiger partial charge < -0.3 is 14.2 Å². The Bertz CT molecular complexity index is 1310. The van der Waals surface area contributed by atoms with Crippen molar-refractivity contribution in [2.45, 2.75) is 17.7 Å². The topological polar surface area (TPSA) is 130 Å². The molecule has 11 heteroatoms. The fourth-order valence-corrected chi connectivity index (χ4v) is 5.25. The third kappa shape index (κ3) is 4.93. The molecule has 2 heterocycles. The number of sulfonamides is 1. The third-order valence-electron chi connectivity index (χ3n) is 5.59. The molecule has 1 fully saturated rings. The summed E-state index contributed by atoms with van der Waals surface area (Å²) < 4.78 is 37.6. The predicted molar refractivity (Wildman–Crippen MR) is 121 cm³/mol. The number of ether oxygens (including phenoxy) is 1. The molecule has 0 radical (unpaired) electrons. The summed E-state index contributed by atoms with van der Waals surface area (Å²) in [5, 5.41) is 13.2. The molecule has 0 N–H and O–H groups in total. The minimum atomic E-state index is -3.81. The minimum absolute atomic E-state index is 0.0127. The third-order valence-corrected chi connectivity index (χ3v) is 7.54. The lowest BCUT2D eigenvalue weighted by atomic mass is 10.2. The van der Waals surface area contributed by atoms with Gasteiger partial charge >= 0.3 is 0 Å². The minimum Gasteiger partial charge on any atom is -0.497 e. The fourth-order valence-electron chi connectivity index (χ4n) is 3.69. The molecule has 3 aromatic rings. The Kier molecular flexibility index (Phi) is 6.90. The van der Waals surface area contributed by atoms with Crippen LogP contribution in [-0.2, 0) is 21.2 Å². The van der Waals surface area contributed by atoms with Crippen LogP contribution in [0.4, 0.5) is 0 Å². The highest BCUT2D eigenvalue weighted by Crippen LogP contribution is 2.22. The number of nitrogens with zero attached hydrogens (tertiary/aromatic N) is 5. The van der Waals surface area contributed by atoms with Crippen molar-refractivity contribution in [2.24, 2.45) is 0 Å². The number of aryl methyl sites for hydroxylation is 1. The molecule has 1 amide bonds. The van der Waals surface area contributed by atoms with Crippen LogP contribution in [-0.4, -0.2) is 67.0 Å². The normalized spacial score (nSPS) is 14.5. The second-order valence-electron chi connectivity index (χ2n) is 7.63. The van der Waals surface area contributed by atoms with Gasteiger partial charge in [-0.05, 0) is 36.4 Å². The summed E-state index contributed by atoms with van der Waals surface area (Å²) in [7, 11) is -2.22. The Hall–Kier alpha value is -3.75. The van der Waals surface area contributed by atoms with Crippen LogP contribution < -0.4 is 4.74 Å². The van der Waals surface area contributed by atoms with Crippen LogP contribution in [0.15, 0.2) is 57.9 Å². The Balaban J connectivity index is 1.31. The van der Waals surface area contributed by atoms with Gasteiger partial charge in [-0.1, -0.05) is 17.3 Å². The molecular formula is C23H23N5O5S. The number of piperazine rings is 1. The maximum atomic E-state index is 12.9. The second-order valence-corrected chi connectivity index (χ2v) is 9.54. The molecule has 0 bridgehead atoms. The van der Waals surface area contributed by atoms with Crippen LogP contribution in [0.25, 0.3) is 11.4 Å². The van der Waals surface area contributed by atoms with E-state index in [-0.39, 0.29) is 55.4 Å². The van der Waals surface area contributed by atoms with E-state index in [9.17, 15) is 18.5 Å². The second kappa shape index (κ2) is 10.0. The molecule has 34 heavy (non-hydrogen) atoms. The van der Waals surface area contributed by atoms with Gasteiger partial charge in [-0.15, -0.1) is 0 Å². The van der Waals surface area contributed by atoms with E-state index in [0.29, 0.717) is 11.7 Å². The quantitative estimate of drug-likeness (QED) is 0.501. The van der Waals surface area contributed by atoms with E-state index in [1.54, 1.807) is 36.3 Å². The van der Waals surface area contributed by atoms with Gasteiger partial charge in [0.1, 0.15) is 11.8 Å². The van der Waals surface area contributed by atoms with Crippen molar-refractivity contribution in [3.05, 3.63) is 60.0 Å². The average molecular weight is 482 g/mol. The molecule has 1 saturated heterocycles. The first kappa shape index (κ1) is 23.4. The lowest BCUT2D eigenvalue weighted by Crippen LogP contribution is -2.50. The molecule has 0 spiro atoms. The zero-order valence-corrected chi connectivity index (χ0v) is 19.4. The molecule has 10 nitrogen and oxygen atoms in total. The monoisotopic (exact) mass is 481 g/mol. The lowest BCUT2D eigenvalue weighted by Gasteiger charge is -2.34. The van der Waals surface area contributed by atoms with E-state index in [1.165, 1.54) is 16.4 Å². The van der Waals surface area contributed by atoms with E-state index in [1.807, 2.05) is 18.2 Å². The number of carbonyl (C=O) groups is 1. The van der Waals surface area contributed by atoms with Gasteiger partial charge in [-0.25, -0.2) is 8.42 Å². The van der Waals surface area contributed by atoms with Gasteiger partial charge in [0.25, 0.3) is 0 Å². The highest BCUT2D eigenvalue weighted by atomic mass is 32.2. The van der Waals surface area contributed by atoms with Crippen molar-refractivity contribution < 1.29 is 22.5 Å². The molecule has 0 unspecified atom stereocenters. The fraction of sp³-hybridized carbons (Fsp3) is 0.304. The largest absolute Gasteiger partial charge is 0.497 e. The first-order valence-electron chi connectivity index (χ1n) is 10.7. The number of hydrogen-bond acceptors (Lipinski definition) is 8. The highest BCUT2D eigenvalue weighted by molar-refractivity contribution is 7.89. The number of methoxy groups -OCH3 is 1. The average Bonchev–Trinajstić information content (AvgIpc) is 3.36. The van der Waals surface area contributed by atoms with Crippen LogP contribution in [0.5, 0.6) is 5.75 Å². The first-order chi connectivity index (χ1) is 16.4. The van der Waals surface area contributed by atoms with Crippen LogP contribution >= 0.6 is 0 Å². The van der Waals surface area contributed by atoms with Gasteiger partial charge in [0.05, 0.1) is 17.6 Å². The van der Waals surface area contributed by atoms with Gasteiger partial charge in [-0.2, -0.15) is 14.6 Å². The van der Waals surface area contributed by atoms with Crippen LogP contribution in [0, 0.1) is 11.3 Å². The number of aromatic nitrogens is 2. The van der Waals surface area contributed by atoms with Crippen molar-refractivity contribution in [3.8, 4) is 23.2 Å². The summed E-state index contributed by atoms with van der Waals surface area (Å²) in [5.41, 5.74) is 0.881. The summed E-state index contributed by atoms with van der Waals surface area (Å²) in [4.78, 5) is 18.6. The number of nitriles is 1. The molecule has 1 aromatic heterocycles. The van der Waals surface area contributed by atoms with Crippen molar-refractivity contribution in [2.75, 3.05) is 33.3 Å². The zero-order chi connectivity index (χ0) is 24.1. The SMILES string of the molecule is COc1ccc(-c2noc(CCC(=O)N3CCN(S(=O)(=O)c4ccccc4C#N)CC3)n2)cc1. The Labute approximate surface area is 197 Å². The molecule has 1 aliphatic rings. The molecule has 2 aromatic carbocycles. The molecular weight excluding hydrogens is 458 g/mol. The highest BCUT2D eigenvalue weighted by Gasteiger charge is 2.31. The first-order valence-corrected chi connectivity index (χ1v) is 12.1. The van der Waals surface area contributed by atoms with Gasteiger partial charge in [0, 0.05) is 44.6 Å². The van der Waals surface area contributed by atoms with E-state index in [0.717, 1.165) is 11.3 Å². The summed E-state index contributed by atoms with van der Waals surface area (Å²) in [6.45, 7) is 0.869. The zero-order valence-electron chi connectivity index (χ0n) is 18.5. The number of hydrogen-bond donors (Lipinski definition) is 0. The molecule has 0 saturated carbocycles. The summed E-state index contributed by atoms with van der Waals surface area (Å²) >= 11 is 0. The summed E-state index contributed by atoms with van der Waals surface area (Å²) in [6.07, 6.45) is 0.463. The van der Waals surface area contributed by atoms with E-state index in [2.05, 4.69) is 10.1 Å². The van der Waals surface area contributed by atoms with Crippen molar-refractivity contribution >= 4 is 15.9 Å².